The molecule has 0 spiro atoms. The Morgan fingerprint density at radius 2 is 2.03 bits per heavy atom. The van der Waals surface area contributed by atoms with E-state index in [9.17, 15) is 13.6 Å². The third-order valence-electron chi connectivity index (χ3n) is 4.49. The highest BCUT2D eigenvalue weighted by atomic mass is 35.5. The van der Waals surface area contributed by atoms with Crippen molar-refractivity contribution in [3.63, 3.8) is 0 Å². The number of aryl methyl sites for hydroxylation is 1. The summed E-state index contributed by atoms with van der Waals surface area (Å²) in [6.07, 6.45) is 1.40. The molecule has 0 fully saturated rings. The topological polar surface area (TPSA) is 95.1 Å². The molecule has 4 aromatic rings. The fraction of sp³-hybridized carbons (Fsp3) is 0.143. The Bertz CT molecular complexity index is 1270. The number of carbonyl (C=O) groups excluding carboxylic acids is 1. The zero-order valence-electron chi connectivity index (χ0n) is 16.7. The summed E-state index contributed by atoms with van der Waals surface area (Å²) in [4.78, 5) is 16.7. The Kier molecular flexibility index (Phi) is 6.13. The van der Waals surface area contributed by atoms with Gasteiger partial charge in [-0.05, 0) is 36.8 Å². The SMILES string of the molecule is Cc1onc(C(=O)Nc2ncn(Cc3ccc(F)cc3Cl)n2)c1COc1cccc(F)c1. The van der Waals surface area contributed by atoms with Gasteiger partial charge < -0.3 is 9.26 Å². The molecule has 1 amide bonds. The van der Waals surface area contributed by atoms with Crippen LogP contribution in [0, 0.1) is 18.6 Å². The van der Waals surface area contributed by atoms with Crippen LogP contribution in [0.25, 0.3) is 0 Å². The van der Waals surface area contributed by atoms with Crippen molar-refractivity contribution in [1.29, 1.82) is 0 Å². The monoisotopic (exact) mass is 459 g/mol. The molecule has 1 N–H and O–H groups in total. The predicted octanol–water partition coefficient (Wildman–Crippen LogP) is 4.39. The predicted molar refractivity (Wildman–Crippen MR) is 110 cm³/mol. The second kappa shape index (κ2) is 9.15. The standard InChI is InChI=1S/C21H16ClF2N5O3/c1-12-17(10-31-16-4-2-3-14(23)7-16)19(28-32-12)20(30)26-21-25-11-29(27-21)9-13-5-6-15(24)8-18(13)22/h2-8,11H,9-10H2,1H3,(H,26,27,30). The Morgan fingerprint density at radius 3 is 2.81 bits per heavy atom. The molecule has 0 aliphatic heterocycles. The normalized spacial score (nSPS) is 10.9. The Hall–Kier alpha value is -3.79. The Balaban J connectivity index is 1.43. The second-order valence-electron chi connectivity index (χ2n) is 6.77. The van der Waals surface area contributed by atoms with Crippen LogP contribution in [-0.2, 0) is 13.2 Å². The van der Waals surface area contributed by atoms with Crippen LogP contribution >= 0.6 is 11.6 Å². The summed E-state index contributed by atoms with van der Waals surface area (Å²) in [5, 5.41) is 10.7. The van der Waals surface area contributed by atoms with Gasteiger partial charge in [0.05, 0.1) is 12.1 Å². The molecule has 2 heterocycles. The summed E-state index contributed by atoms with van der Waals surface area (Å²) in [7, 11) is 0. The van der Waals surface area contributed by atoms with E-state index >= 15 is 0 Å². The molecule has 0 bridgehead atoms. The largest absolute Gasteiger partial charge is 0.489 e. The summed E-state index contributed by atoms with van der Waals surface area (Å²) in [5.41, 5.74) is 1.04. The summed E-state index contributed by atoms with van der Waals surface area (Å²) in [5.74, 6) is -0.757. The first-order valence-electron chi connectivity index (χ1n) is 9.37. The van der Waals surface area contributed by atoms with Crippen LogP contribution < -0.4 is 10.1 Å². The second-order valence-corrected chi connectivity index (χ2v) is 7.17. The first kappa shape index (κ1) is 21.4. The molecule has 0 atom stereocenters. The fourth-order valence-corrected chi connectivity index (χ4v) is 3.09. The van der Waals surface area contributed by atoms with Gasteiger partial charge >= 0.3 is 0 Å². The number of hydrogen-bond donors (Lipinski definition) is 1. The summed E-state index contributed by atoms with van der Waals surface area (Å²) in [6, 6.07) is 9.67. The molecule has 164 valence electrons. The first-order valence-corrected chi connectivity index (χ1v) is 9.75. The van der Waals surface area contributed by atoms with E-state index in [2.05, 4.69) is 20.6 Å². The molecule has 2 aromatic carbocycles. The van der Waals surface area contributed by atoms with E-state index in [-0.39, 0.29) is 29.8 Å². The third-order valence-corrected chi connectivity index (χ3v) is 4.84. The fourth-order valence-electron chi connectivity index (χ4n) is 2.87. The molecule has 4 rings (SSSR count). The quantitative estimate of drug-likeness (QED) is 0.440. The van der Waals surface area contributed by atoms with E-state index in [0.717, 1.165) is 0 Å². The maximum Gasteiger partial charge on any atom is 0.280 e. The average molecular weight is 460 g/mol. The number of nitrogens with zero attached hydrogens (tertiary/aromatic N) is 4. The van der Waals surface area contributed by atoms with Crippen molar-refractivity contribution in [3.8, 4) is 5.75 Å². The zero-order valence-corrected chi connectivity index (χ0v) is 17.4. The molecule has 2 aromatic heterocycles. The third kappa shape index (κ3) is 4.92. The van der Waals surface area contributed by atoms with Gasteiger partial charge in [-0.3, -0.25) is 10.1 Å². The van der Waals surface area contributed by atoms with Crippen molar-refractivity contribution in [1.82, 2.24) is 19.9 Å². The van der Waals surface area contributed by atoms with Gasteiger partial charge in [-0.15, -0.1) is 5.10 Å². The minimum Gasteiger partial charge on any atom is -0.489 e. The number of carbonyl (C=O) groups is 1. The van der Waals surface area contributed by atoms with E-state index in [4.69, 9.17) is 20.9 Å². The number of benzene rings is 2. The van der Waals surface area contributed by atoms with Gasteiger partial charge in [-0.1, -0.05) is 28.9 Å². The smallest absolute Gasteiger partial charge is 0.280 e. The van der Waals surface area contributed by atoms with E-state index in [1.165, 1.54) is 41.3 Å². The van der Waals surface area contributed by atoms with Crippen LogP contribution in [0.1, 0.15) is 27.4 Å². The summed E-state index contributed by atoms with van der Waals surface area (Å²) < 4.78 is 38.6. The van der Waals surface area contributed by atoms with Crippen molar-refractivity contribution >= 4 is 23.5 Å². The Morgan fingerprint density at radius 1 is 1.22 bits per heavy atom. The number of halogens is 3. The van der Waals surface area contributed by atoms with E-state index in [1.807, 2.05) is 0 Å². The van der Waals surface area contributed by atoms with Crippen molar-refractivity contribution in [2.45, 2.75) is 20.1 Å². The van der Waals surface area contributed by atoms with Gasteiger partial charge in [0.1, 0.15) is 36.1 Å². The van der Waals surface area contributed by atoms with E-state index < -0.39 is 17.5 Å². The molecule has 0 aliphatic rings. The number of amides is 1. The van der Waals surface area contributed by atoms with E-state index in [1.54, 1.807) is 19.1 Å². The highest BCUT2D eigenvalue weighted by Gasteiger charge is 2.22. The van der Waals surface area contributed by atoms with E-state index in [0.29, 0.717) is 22.6 Å². The van der Waals surface area contributed by atoms with Crippen LogP contribution in [0.4, 0.5) is 14.7 Å². The lowest BCUT2D eigenvalue weighted by molar-refractivity contribution is 0.101. The molecule has 0 saturated heterocycles. The zero-order chi connectivity index (χ0) is 22.7. The lowest BCUT2D eigenvalue weighted by atomic mass is 10.2. The number of ether oxygens (including phenoxy) is 1. The summed E-state index contributed by atoms with van der Waals surface area (Å²) in [6.45, 7) is 1.82. The number of aromatic nitrogens is 4. The van der Waals surface area contributed by atoms with Crippen molar-refractivity contribution < 1.29 is 22.8 Å². The van der Waals surface area contributed by atoms with Gasteiger partial charge in [0, 0.05) is 11.1 Å². The molecular formula is C21H16ClF2N5O3. The average Bonchev–Trinajstić information content (AvgIpc) is 3.34. The number of anilines is 1. The molecule has 0 aliphatic carbocycles. The molecule has 0 radical (unpaired) electrons. The Labute approximate surface area is 185 Å². The minimum absolute atomic E-state index is 0.00293. The maximum atomic E-state index is 13.3. The van der Waals surface area contributed by atoms with Gasteiger partial charge in [0.25, 0.3) is 5.91 Å². The minimum atomic E-state index is -0.600. The lowest BCUT2D eigenvalue weighted by Gasteiger charge is -2.06. The van der Waals surface area contributed by atoms with Crippen molar-refractivity contribution in [3.05, 3.63) is 88.0 Å². The maximum absolute atomic E-state index is 13.3. The van der Waals surface area contributed by atoms with Gasteiger partial charge in [0.2, 0.25) is 5.95 Å². The van der Waals surface area contributed by atoms with Gasteiger partial charge in [-0.25, -0.2) is 18.4 Å². The molecular weight excluding hydrogens is 444 g/mol. The lowest BCUT2D eigenvalue weighted by Crippen LogP contribution is -2.16. The van der Waals surface area contributed by atoms with Crippen LogP contribution in [0.3, 0.4) is 0 Å². The van der Waals surface area contributed by atoms with Crippen LogP contribution in [-0.4, -0.2) is 25.8 Å². The number of nitrogens with one attached hydrogen (secondary N) is 1. The first-order chi connectivity index (χ1) is 15.4. The van der Waals surface area contributed by atoms with Crippen LogP contribution in [0.15, 0.2) is 53.3 Å². The molecule has 8 nitrogen and oxygen atoms in total. The molecule has 0 unspecified atom stereocenters. The number of rotatable bonds is 7. The molecule has 32 heavy (non-hydrogen) atoms. The number of hydrogen-bond acceptors (Lipinski definition) is 6. The van der Waals surface area contributed by atoms with Crippen LogP contribution in [0.2, 0.25) is 5.02 Å². The highest BCUT2D eigenvalue weighted by Crippen LogP contribution is 2.20. The van der Waals surface area contributed by atoms with Crippen LogP contribution in [0.5, 0.6) is 5.75 Å². The summed E-state index contributed by atoms with van der Waals surface area (Å²) >= 11 is 6.03. The highest BCUT2D eigenvalue weighted by molar-refractivity contribution is 6.31. The van der Waals surface area contributed by atoms with Gasteiger partial charge in [0.15, 0.2) is 5.69 Å². The molecule has 0 saturated carbocycles. The molecule has 11 heteroatoms. The van der Waals surface area contributed by atoms with Crippen molar-refractivity contribution in [2.24, 2.45) is 0 Å². The van der Waals surface area contributed by atoms with Gasteiger partial charge in [-0.2, -0.15) is 0 Å². The van der Waals surface area contributed by atoms with Crippen molar-refractivity contribution in [2.75, 3.05) is 5.32 Å².